The van der Waals surface area contributed by atoms with Gasteiger partial charge in [-0.05, 0) is 94.3 Å². The summed E-state index contributed by atoms with van der Waals surface area (Å²) in [6.07, 6.45) is 4.51. The number of amides is 4. The van der Waals surface area contributed by atoms with Crippen LogP contribution in [0, 0.1) is 17.3 Å². The number of likely N-dealkylation sites (tertiary alicyclic amines) is 1. The highest BCUT2D eigenvalue weighted by molar-refractivity contribution is 5.95. The Bertz CT molecular complexity index is 2310. The van der Waals surface area contributed by atoms with Gasteiger partial charge in [-0.3, -0.25) is 34.0 Å². The molecule has 16 nitrogen and oxygen atoms in total. The van der Waals surface area contributed by atoms with Crippen LogP contribution in [-0.2, 0) is 51.1 Å². The fourth-order valence-electron chi connectivity index (χ4n) is 10.5. The molecule has 7 rings (SSSR count). The van der Waals surface area contributed by atoms with Crippen molar-refractivity contribution in [2.75, 3.05) is 58.5 Å². The number of methoxy groups -OCH3 is 1. The molecule has 0 spiro atoms. The molecular formula is C50H70N8O8. The van der Waals surface area contributed by atoms with Crippen LogP contribution in [0.25, 0.3) is 22.2 Å². The van der Waals surface area contributed by atoms with E-state index in [1.807, 2.05) is 26.8 Å². The van der Waals surface area contributed by atoms with Gasteiger partial charge >= 0.3 is 5.97 Å². The second-order valence-corrected chi connectivity index (χ2v) is 19.6. The van der Waals surface area contributed by atoms with Crippen LogP contribution in [0.15, 0.2) is 49.2 Å². The van der Waals surface area contributed by atoms with Crippen LogP contribution in [0.3, 0.4) is 0 Å². The lowest BCUT2D eigenvalue weighted by atomic mass is 9.84. The zero-order valence-electron chi connectivity index (χ0n) is 40.3. The average molecular weight is 911 g/mol. The van der Waals surface area contributed by atoms with Gasteiger partial charge in [0.15, 0.2) is 0 Å². The number of rotatable bonds is 10. The summed E-state index contributed by atoms with van der Waals surface area (Å²) in [5, 5.41) is 5.60. The highest BCUT2D eigenvalue weighted by Gasteiger charge is 2.42. The fraction of sp³-hybridized carbons (Fsp3) is 0.600. The molecule has 16 heteroatoms. The van der Waals surface area contributed by atoms with Crippen LogP contribution in [0.4, 0.5) is 5.69 Å². The Morgan fingerprint density at radius 3 is 2.61 bits per heavy atom. The van der Waals surface area contributed by atoms with Crippen LogP contribution < -0.4 is 15.6 Å². The molecule has 6 bridgehead atoms. The van der Waals surface area contributed by atoms with Gasteiger partial charge in [-0.2, -0.15) is 0 Å². The third-order valence-electron chi connectivity index (χ3n) is 14.1. The molecule has 6 heterocycles. The van der Waals surface area contributed by atoms with Crippen molar-refractivity contribution >= 4 is 46.2 Å². The summed E-state index contributed by atoms with van der Waals surface area (Å²) in [6, 6.07) is 7.66. The van der Waals surface area contributed by atoms with E-state index in [0.29, 0.717) is 58.5 Å². The molecule has 4 amide bonds. The van der Waals surface area contributed by atoms with Gasteiger partial charge in [-0.15, -0.1) is 0 Å². The molecule has 4 aliphatic heterocycles. The first kappa shape index (κ1) is 48.6. The van der Waals surface area contributed by atoms with Crippen LogP contribution >= 0.6 is 0 Å². The molecule has 1 unspecified atom stereocenters. The number of nitrogens with one attached hydrogen (secondary N) is 2. The average Bonchev–Trinajstić information content (AvgIpc) is 3.92. The van der Waals surface area contributed by atoms with Gasteiger partial charge < -0.3 is 38.8 Å². The maximum absolute atomic E-state index is 14.8. The molecule has 7 atom stereocenters. The number of nitrogens with zero attached hydrogens (tertiary/aromatic N) is 6. The topological polar surface area (TPSA) is 168 Å². The Kier molecular flexibility index (Phi) is 14.9. The van der Waals surface area contributed by atoms with Crippen LogP contribution in [0.1, 0.15) is 91.5 Å². The molecule has 2 N–H and O–H groups in total. The van der Waals surface area contributed by atoms with E-state index in [4.69, 9.17) is 19.2 Å². The zero-order chi connectivity index (χ0) is 47.6. The summed E-state index contributed by atoms with van der Waals surface area (Å²) in [6.45, 7) is 20.6. The minimum atomic E-state index is -1.07. The number of carbonyl (C=O) groups is 5. The SMILES string of the molecule is C=CC(=O)N1CC[C@H](C(=O)N(C)C(C(=O)N[C@H]2C[C@@H]3OCCN(c4ccc5c(c4)c(c(-c4cccnc4[C@H](C)OC)n5CC)CC(C)(C)COC(=O)[C@@H]4CCCN(N4)C2=O)[C@@H]3C)C(C)C)C1. The number of ether oxygens (including phenoxy) is 3. The first-order chi connectivity index (χ1) is 31.5. The summed E-state index contributed by atoms with van der Waals surface area (Å²) in [5.41, 5.74) is 8.74. The van der Waals surface area contributed by atoms with Crippen molar-refractivity contribution in [3.63, 3.8) is 0 Å². The number of carbonyl (C=O) groups excluding carboxylic acids is 5. The third-order valence-corrected chi connectivity index (χ3v) is 14.1. The number of hydrogen-bond acceptors (Lipinski definition) is 11. The lowest BCUT2D eigenvalue weighted by molar-refractivity contribution is -0.156. The molecule has 1 aromatic carbocycles. The summed E-state index contributed by atoms with van der Waals surface area (Å²) in [4.78, 5) is 79.8. The van der Waals surface area contributed by atoms with Crippen molar-refractivity contribution in [1.29, 1.82) is 0 Å². The second-order valence-electron chi connectivity index (χ2n) is 19.6. The van der Waals surface area contributed by atoms with Gasteiger partial charge in [-0.25, -0.2) is 5.43 Å². The van der Waals surface area contributed by atoms with Crippen LogP contribution in [0.2, 0.25) is 0 Å². The number of benzene rings is 1. The van der Waals surface area contributed by atoms with Crippen LogP contribution in [-0.4, -0.2) is 138 Å². The predicted octanol–water partition coefficient (Wildman–Crippen LogP) is 5.04. The van der Waals surface area contributed by atoms with E-state index in [1.54, 1.807) is 25.3 Å². The number of hydrogen-bond donors (Lipinski definition) is 2. The minimum absolute atomic E-state index is 0.136. The van der Waals surface area contributed by atoms with Gasteiger partial charge in [0.25, 0.3) is 5.91 Å². The minimum Gasteiger partial charge on any atom is -0.464 e. The van der Waals surface area contributed by atoms with Gasteiger partial charge in [0, 0.05) is 87.1 Å². The van der Waals surface area contributed by atoms with Crippen molar-refractivity contribution in [3.8, 4) is 11.3 Å². The van der Waals surface area contributed by atoms with Crippen molar-refractivity contribution in [2.24, 2.45) is 17.3 Å². The first-order valence-corrected chi connectivity index (χ1v) is 23.7. The number of likely N-dealkylation sites (N-methyl/N-ethyl adjacent to an activating group) is 1. The number of hydrazine groups is 1. The van der Waals surface area contributed by atoms with E-state index in [0.717, 1.165) is 39.1 Å². The van der Waals surface area contributed by atoms with Crippen molar-refractivity contribution in [3.05, 3.63) is 60.4 Å². The molecular weight excluding hydrogens is 841 g/mol. The second kappa shape index (κ2) is 20.3. The van der Waals surface area contributed by atoms with E-state index < -0.39 is 53.3 Å². The van der Waals surface area contributed by atoms with E-state index >= 15 is 0 Å². The monoisotopic (exact) mass is 911 g/mol. The molecule has 358 valence electrons. The Morgan fingerprint density at radius 1 is 1.12 bits per heavy atom. The number of aromatic nitrogens is 2. The van der Waals surface area contributed by atoms with Gasteiger partial charge in [0.1, 0.15) is 18.1 Å². The molecule has 3 aromatic rings. The van der Waals surface area contributed by atoms with Crippen molar-refractivity contribution < 1.29 is 38.2 Å². The number of fused-ring (bicyclic) bond motifs is 6. The van der Waals surface area contributed by atoms with Crippen LogP contribution in [0.5, 0.6) is 0 Å². The summed E-state index contributed by atoms with van der Waals surface area (Å²) < 4.78 is 20.8. The quantitative estimate of drug-likeness (QED) is 0.207. The molecule has 66 heavy (non-hydrogen) atoms. The lowest BCUT2D eigenvalue weighted by Crippen LogP contribution is -2.63. The van der Waals surface area contributed by atoms with E-state index in [-0.39, 0.29) is 49.5 Å². The lowest BCUT2D eigenvalue weighted by Gasteiger charge is -2.43. The van der Waals surface area contributed by atoms with Gasteiger partial charge in [-0.1, -0.05) is 34.3 Å². The number of anilines is 1. The largest absolute Gasteiger partial charge is 0.464 e. The Balaban J connectivity index is 1.27. The third kappa shape index (κ3) is 9.86. The van der Waals surface area contributed by atoms with Gasteiger partial charge in [0.2, 0.25) is 17.7 Å². The normalized spacial score (nSPS) is 24.7. The standard InChI is InChI=1S/C50H70N8O8/c1-11-42(59)55-22-19-33(28-55)47(61)54(9)44(30(3)4)46(60)52-39-26-41-31(5)57(23-24-65-41)34-17-18-40-36(25-34)37(45(56(40)12-2)35-15-13-20-51-43(35)32(6)64-10)27-50(7,8)29-66-49(63)38-16-14-21-58(53-38)48(39)62/h11,13,15,17-18,20,25,30-33,38-39,41,44,53H,1,12,14,16,19,21-24,26-29H2,2-10H3,(H,52,60)/t31-,32+,33+,38+,39+,41+,44?/m1/s1. The predicted molar refractivity (Wildman–Crippen MR) is 252 cm³/mol. The van der Waals surface area contributed by atoms with E-state index in [1.165, 1.54) is 16.0 Å². The summed E-state index contributed by atoms with van der Waals surface area (Å²) >= 11 is 0. The Labute approximate surface area is 389 Å². The Morgan fingerprint density at radius 2 is 1.89 bits per heavy atom. The molecule has 2 aromatic heterocycles. The number of esters is 1. The van der Waals surface area contributed by atoms with E-state index in [2.05, 4.69) is 78.7 Å². The van der Waals surface area contributed by atoms with Gasteiger partial charge in [0.05, 0.1) is 48.8 Å². The molecule has 3 saturated heterocycles. The maximum atomic E-state index is 14.8. The maximum Gasteiger partial charge on any atom is 0.324 e. The highest BCUT2D eigenvalue weighted by Crippen LogP contribution is 2.42. The fourth-order valence-corrected chi connectivity index (χ4v) is 10.5. The molecule has 0 radical (unpaired) electrons. The van der Waals surface area contributed by atoms with Crippen molar-refractivity contribution in [2.45, 2.75) is 123 Å². The zero-order valence-corrected chi connectivity index (χ0v) is 40.3. The molecule has 0 aliphatic carbocycles. The molecule has 3 fully saturated rings. The van der Waals surface area contributed by atoms with E-state index in [9.17, 15) is 24.0 Å². The first-order valence-electron chi connectivity index (χ1n) is 23.7. The summed E-state index contributed by atoms with van der Waals surface area (Å²) in [7, 11) is 3.30. The number of aryl methyl sites for hydroxylation is 1. The number of cyclic esters (lactones) is 1. The smallest absolute Gasteiger partial charge is 0.324 e. The Hall–Kier alpha value is -5.32. The number of morpholine rings is 1. The molecule has 4 aliphatic rings. The molecule has 0 saturated carbocycles. The number of pyridine rings is 1. The summed E-state index contributed by atoms with van der Waals surface area (Å²) in [5.74, 6) is -2.59. The van der Waals surface area contributed by atoms with Crippen molar-refractivity contribution in [1.82, 2.24) is 35.1 Å². The highest BCUT2D eigenvalue weighted by atomic mass is 16.5.